The summed E-state index contributed by atoms with van der Waals surface area (Å²) < 4.78 is 0. The molecule has 1 rings (SSSR count). The van der Waals surface area contributed by atoms with E-state index in [1.807, 2.05) is 13.0 Å². The van der Waals surface area contributed by atoms with Gasteiger partial charge in [0.25, 0.3) is 0 Å². The maximum Gasteiger partial charge on any atom is 0.0975 e. The first-order valence-electron chi connectivity index (χ1n) is 3.06. The molecule has 1 aliphatic rings. The molecule has 2 heteroatoms. The molecule has 0 aromatic rings. The van der Waals surface area contributed by atoms with Gasteiger partial charge in [-0.1, -0.05) is 6.08 Å². The van der Waals surface area contributed by atoms with Crippen LogP contribution in [0.25, 0.3) is 0 Å². The Balaban J connectivity index is 2.88. The Labute approximate surface area is 54.7 Å². The lowest BCUT2D eigenvalue weighted by molar-refractivity contribution is 0.380. The summed E-state index contributed by atoms with van der Waals surface area (Å²) in [6, 6.07) is 0. The molecule has 0 aromatic carbocycles. The number of nitrogens with two attached hydrogens (primary N) is 1. The number of hydrogen-bond acceptors (Lipinski definition) is 2. The molecule has 0 aliphatic heterocycles. The minimum absolute atomic E-state index is 0.440. The lowest BCUT2D eigenvalue weighted by Crippen LogP contribution is -2.05. The molecular weight excluding hydrogens is 114 g/mol. The lowest BCUT2D eigenvalue weighted by atomic mass is 10.0. The Morgan fingerprint density at radius 2 is 2.33 bits per heavy atom. The van der Waals surface area contributed by atoms with E-state index in [0.29, 0.717) is 5.76 Å². The van der Waals surface area contributed by atoms with Crippen LogP contribution < -0.4 is 5.73 Å². The zero-order valence-corrected chi connectivity index (χ0v) is 5.52. The third-order valence-corrected chi connectivity index (χ3v) is 1.61. The molecule has 0 amide bonds. The van der Waals surface area contributed by atoms with Crippen LogP contribution in [0.4, 0.5) is 0 Å². The van der Waals surface area contributed by atoms with Crippen LogP contribution in [0.5, 0.6) is 0 Å². The van der Waals surface area contributed by atoms with Gasteiger partial charge in [0, 0.05) is 17.7 Å². The van der Waals surface area contributed by atoms with Crippen molar-refractivity contribution in [2.75, 3.05) is 0 Å². The molecule has 0 saturated carbocycles. The van der Waals surface area contributed by atoms with Crippen molar-refractivity contribution in [3.8, 4) is 0 Å². The zero-order chi connectivity index (χ0) is 6.85. The highest BCUT2D eigenvalue weighted by Gasteiger charge is 2.06. The van der Waals surface area contributed by atoms with Gasteiger partial charge in [0.1, 0.15) is 0 Å². The second kappa shape index (κ2) is 2.13. The van der Waals surface area contributed by atoms with Crippen molar-refractivity contribution in [2.24, 2.45) is 5.73 Å². The van der Waals surface area contributed by atoms with Crippen LogP contribution in [0, 0.1) is 0 Å². The average molecular weight is 125 g/mol. The molecule has 0 spiro atoms. The molecule has 0 heterocycles. The minimum Gasteiger partial charge on any atom is -0.512 e. The molecule has 0 radical (unpaired) electrons. The molecule has 1 aliphatic carbocycles. The molecule has 0 atom stereocenters. The Morgan fingerprint density at radius 1 is 1.67 bits per heavy atom. The highest BCUT2D eigenvalue weighted by Crippen LogP contribution is 2.18. The monoisotopic (exact) mass is 125 g/mol. The molecule has 0 bridgehead atoms. The van der Waals surface area contributed by atoms with Gasteiger partial charge < -0.3 is 10.8 Å². The second-order valence-electron chi connectivity index (χ2n) is 2.27. The van der Waals surface area contributed by atoms with Crippen LogP contribution in [0.3, 0.4) is 0 Å². The van der Waals surface area contributed by atoms with E-state index in [4.69, 9.17) is 10.8 Å². The largest absolute Gasteiger partial charge is 0.512 e. The fourth-order valence-corrected chi connectivity index (χ4v) is 0.872. The zero-order valence-electron chi connectivity index (χ0n) is 5.52. The number of aliphatic hydroxyl groups is 1. The minimum atomic E-state index is 0.440. The van der Waals surface area contributed by atoms with Crippen molar-refractivity contribution in [1.29, 1.82) is 0 Å². The van der Waals surface area contributed by atoms with E-state index in [1.54, 1.807) is 0 Å². The summed E-state index contributed by atoms with van der Waals surface area (Å²) >= 11 is 0. The average Bonchev–Trinajstić information content (AvgIpc) is 1.83. The van der Waals surface area contributed by atoms with Gasteiger partial charge in [0.2, 0.25) is 0 Å². The van der Waals surface area contributed by atoms with Crippen molar-refractivity contribution in [2.45, 2.75) is 19.8 Å². The topological polar surface area (TPSA) is 46.2 Å². The molecule has 3 N–H and O–H groups in total. The van der Waals surface area contributed by atoms with E-state index in [9.17, 15) is 0 Å². The first-order valence-corrected chi connectivity index (χ1v) is 3.06. The maximum atomic E-state index is 9.11. The molecule has 0 saturated heterocycles. The summed E-state index contributed by atoms with van der Waals surface area (Å²) in [7, 11) is 0. The number of aliphatic hydroxyl groups excluding tert-OH is 1. The predicted octanol–water partition coefficient (Wildman–Crippen LogP) is 1.45. The van der Waals surface area contributed by atoms with Gasteiger partial charge in [0.15, 0.2) is 0 Å². The van der Waals surface area contributed by atoms with E-state index >= 15 is 0 Å². The maximum absolute atomic E-state index is 9.11. The van der Waals surface area contributed by atoms with Gasteiger partial charge in [-0.3, -0.25) is 0 Å². The van der Waals surface area contributed by atoms with E-state index in [0.717, 1.165) is 24.1 Å². The van der Waals surface area contributed by atoms with Crippen molar-refractivity contribution in [3.63, 3.8) is 0 Å². The van der Waals surface area contributed by atoms with E-state index in [2.05, 4.69) is 0 Å². The molecule has 0 fully saturated rings. The van der Waals surface area contributed by atoms with Crippen LogP contribution in [0.1, 0.15) is 19.8 Å². The van der Waals surface area contributed by atoms with Crippen molar-refractivity contribution in [1.82, 2.24) is 0 Å². The smallest absolute Gasteiger partial charge is 0.0975 e. The van der Waals surface area contributed by atoms with Gasteiger partial charge in [-0.05, 0) is 13.3 Å². The number of hydrogen-bond donors (Lipinski definition) is 2. The van der Waals surface area contributed by atoms with E-state index in [-0.39, 0.29) is 0 Å². The summed E-state index contributed by atoms with van der Waals surface area (Å²) in [6.07, 6.45) is 3.55. The highest BCUT2D eigenvalue weighted by atomic mass is 16.3. The highest BCUT2D eigenvalue weighted by molar-refractivity contribution is 5.31. The normalized spacial score (nSPS) is 19.9. The molecule has 9 heavy (non-hydrogen) atoms. The van der Waals surface area contributed by atoms with Crippen molar-refractivity contribution >= 4 is 0 Å². The van der Waals surface area contributed by atoms with Crippen LogP contribution in [-0.2, 0) is 0 Å². The molecule has 0 unspecified atom stereocenters. The lowest BCUT2D eigenvalue weighted by Gasteiger charge is -2.10. The first-order chi connectivity index (χ1) is 4.22. The quantitative estimate of drug-likeness (QED) is 0.514. The Bertz CT molecular complexity index is 179. The summed E-state index contributed by atoms with van der Waals surface area (Å²) in [5, 5.41) is 9.11. The summed E-state index contributed by atoms with van der Waals surface area (Å²) in [5.74, 6) is 0.440. The van der Waals surface area contributed by atoms with Gasteiger partial charge in [-0.25, -0.2) is 0 Å². The fraction of sp³-hybridized carbons (Fsp3) is 0.429. The van der Waals surface area contributed by atoms with Crippen LogP contribution in [0.2, 0.25) is 0 Å². The SMILES string of the molecule is CC1=C(O)CCC=C1N. The standard InChI is InChI=1S/C7H11NO/c1-5-6(8)3-2-4-7(5)9/h3,9H,2,4,8H2,1H3. The van der Waals surface area contributed by atoms with Gasteiger partial charge in [-0.15, -0.1) is 0 Å². The van der Waals surface area contributed by atoms with Crippen molar-refractivity contribution in [3.05, 3.63) is 23.1 Å². The third-order valence-electron chi connectivity index (χ3n) is 1.61. The first kappa shape index (κ1) is 6.20. The third kappa shape index (κ3) is 1.07. The Hall–Kier alpha value is -0.920. The van der Waals surface area contributed by atoms with Crippen LogP contribution in [-0.4, -0.2) is 5.11 Å². The van der Waals surface area contributed by atoms with Crippen LogP contribution >= 0.6 is 0 Å². The summed E-state index contributed by atoms with van der Waals surface area (Å²) in [5.41, 5.74) is 7.07. The summed E-state index contributed by atoms with van der Waals surface area (Å²) in [6.45, 7) is 1.83. The van der Waals surface area contributed by atoms with Crippen LogP contribution in [0.15, 0.2) is 23.1 Å². The van der Waals surface area contributed by atoms with Gasteiger partial charge in [0.05, 0.1) is 5.76 Å². The Morgan fingerprint density at radius 3 is 2.78 bits per heavy atom. The Kier molecular flexibility index (Phi) is 1.47. The molecular formula is C7H11NO. The molecule has 2 nitrogen and oxygen atoms in total. The van der Waals surface area contributed by atoms with E-state index in [1.165, 1.54) is 0 Å². The molecule has 0 aromatic heterocycles. The van der Waals surface area contributed by atoms with E-state index < -0.39 is 0 Å². The second-order valence-corrected chi connectivity index (χ2v) is 2.27. The number of allylic oxidation sites excluding steroid dienone is 3. The van der Waals surface area contributed by atoms with Gasteiger partial charge in [-0.2, -0.15) is 0 Å². The number of rotatable bonds is 0. The van der Waals surface area contributed by atoms with Crippen molar-refractivity contribution < 1.29 is 5.11 Å². The predicted molar refractivity (Wildman–Crippen MR) is 36.8 cm³/mol. The molecule has 50 valence electrons. The fourth-order valence-electron chi connectivity index (χ4n) is 0.872. The van der Waals surface area contributed by atoms with Gasteiger partial charge >= 0.3 is 0 Å². The summed E-state index contributed by atoms with van der Waals surface area (Å²) in [4.78, 5) is 0.